The first-order valence-electron chi connectivity index (χ1n) is 6.94. The van der Waals surface area contributed by atoms with Crippen LogP contribution >= 0.6 is 0 Å². The average molecular weight is 299 g/mol. The number of amides is 1. The second-order valence-corrected chi connectivity index (χ2v) is 4.54. The van der Waals surface area contributed by atoms with E-state index in [2.05, 4.69) is 5.32 Å². The van der Waals surface area contributed by atoms with E-state index in [1.54, 1.807) is 18.2 Å². The van der Waals surface area contributed by atoms with E-state index in [0.29, 0.717) is 30.8 Å². The first-order valence-corrected chi connectivity index (χ1v) is 6.94. The molecule has 0 spiro atoms. The molecule has 1 aromatic carbocycles. The zero-order valence-corrected chi connectivity index (χ0v) is 12.0. The van der Waals surface area contributed by atoms with Gasteiger partial charge in [0, 0.05) is 6.54 Å². The van der Waals surface area contributed by atoms with Crippen LogP contribution in [0.3, 0.4) is 0 Å². The standard InChI is InChI=1S/C17H17NO4/c19-12-16-10-9-15(22-16)8-4-5-11-18-17(20)21-13-14-6-2-1-3-7-14/h1-4,6-10,12H,5,11,13H2,(H,18,20). The van der Waals surface area contributed by atoms with Crippen LogP contribution in [0.15, 0.2) is 53.0 Å². The third kappa shape index (κ3) is 5.28. The maximum absolute atomic E-state index is 11.5. The maximum Gasteiger partial charge on any atom is 0.407 e. The molecule has 0 radical (unpaired) electrons. The lowest BCUT2D eigenvalue weighted by atomic mass is 10.2. The highest BCUT2D eigenvalue weighted by Gasteiger charge is 2.01. The molecule has 114 valence electrons. The summed E-state index contributed by atoms with van der Waals surface area (Å²) >= 11 is 0. The normalized spacial score (nSPS) is 10.5. The Hall–Kier alpha value is -2.82. The summed E-state index contributed by atoms with van der Waals surface area (Å²) in [5, 5.41) is 2.66. The fourth-order valence-electron chi connectivity index (χ4n) is 1.75. The number of hydrogen-bond donors (Lipinski definition) is 1. The van der Waals surface area contributed by atoms with E-state index in [4.69, 9.17) is 9.15 Å². The monoisotopic (exact) mass is 299 g/mol. The molecule has 0 bridgehead atoms. The molecule has 1 aromatic heterocycles. The van der Waals surface area contributed by atoms with Gasteiger partial charge in [-0.3, -0.25) is 4.79 Å². The summed E-state index contributed by atoms with van der Waals surface area (Å²) in [6, 6.07) is 12.8. The van der Waals surface area contributed by atoms with E-state index in [-0.39, 0.29) is 6.61 Å². The van der Waals surface area contributed by atoms with Crippen molar-refractivity contribution < 1.29 is 18.7 Å². The number of nitrogens with one attached hydrogen (secondary N) is 1. The number of alkyl carbamates (subject to hydrolysis) is 1. The molecule has 1 amide bonds. The Balaban J connectivity index is 1.61. The van der Waals surface area contributed by atoms with Gasteiger partial charge >= 0.3 is 6.09 Å². The van der Waals surface area contributed by atoms with Crippen molar-refractivity contribution in [3.05, 3.63) is 65.6 Å². The summed E-state index contributed by atoms with van der Waals surface area (Å²) < 4.78 is 10.3. The minimum Gasteiger partial charge on any atom is -0.454 e. The van der Waals surface area contributed by atoms with Crippen molar-refractivity contribution in [3.63, 3.8) is 0 Å². The predicted molar refractivity (Wildman–Crippen MR) is 82.4 cm³/mol. The average Bonchev–Trinajstić information content (AvgIpc) is 3.01. The van der Waals surface area contributed by atoms with Gasteiger partial charge in [-0.1, -0.05) is 36.4 Å². The summed E-state index contributed by atoms with van der Waals surface area (Å²) in [6.07, 6.45) is 4.45. The van der Waals surface area contributed by atoms with Crippen LogP contribution in [0.2, 0.25) is 0 Å². The molecule has 0 unspecified atom stereocenters. The van der Waals surface area contributed by atoms with Crippen LogP contribution in [0.1, 0.15) is 28.3 Å². The highest BCUT2D eigenvalue weighted by Crippen LogP contribution is 2.07. The molecule has 0 fully saturated rings. The van der Waals surface area contributed by atoms with Crippen molar-refractivity contribution in [2.24, 2.45) is 0 Å². The van der Waals surface area contributed by atoms with Crippen molar-refractivity contribution >= 4 is 18.5 Å². The van der Waals surface area contributed by atoms with Crippen LogP contribution in [-0.4, -0.2) is 18.9 Å². The van der Waals surface area contributed by atoms with Gasteiger partial charge < -0.3 is 14.5 Å². The van der Waals surface area contributed by atoms with Crippen molar-refractivity contribution in [2.75, 3.05) is 6.54 Å². The molecule has 22 heavy (non-hydrogen) atoms. The molecule has 0 saturated heterocycles. The van der Waals surface area contributed by atoms with Gasteiger partial charge in [0.15, 0.2) is 12.0 Å². The van der Waals surface area contributed by atoms with Crippen molar-refractivity contribution in [3.8, 4) is 0 Å². The lowest BCUT2D eigenvalue weighted by Gasteiger charge is -2.05. The summed E-state index contributed by atoms with van der Waals surface area (Å²) in [6.45, 7) is 0.717. The van der Waals surface area contributed by atoms with E-state index in [1.165, 1.54) is 0 Å². The Morgan fingerprint density at radius 1 is 1.14 bits per heavy atom. The molecule has 0 saturated carbocycles. The Labute approximate surface area is 128 Å². The number of carbonyl (C=O) groups excluding carboxylic acids is 2. The fourth-order valence-corrected chi connectivity index (χ4v) is 1.75. The summed E-state index contributed by atoms with van der Waals surface area (Å²) in [4.78, 5) is 21.9. The van der Waals surface area contributed by atoms with Crippen LogP contribution in [0, 0.1) is 0 Å². The molecule has 0 aliphatic carbocycles. The molecule has 1 heterocycles. The first kappa shape index (κ1) is 15.6. The molecule has 0 aliphatic rings. The zero-order chi connectivity index (χ0) is 15.6. The van der Waals surface area contributed by atoms with E-state index in [9.17, 15) is 9.59 Å². The van der Waals surface area contributed by atoms with Gasteiger partial charge in [0.05, 0.1) is 0 Å². The molecule has 2 aromatic rings. The smallest absolute Gasteiger partial charge is 0.407 e. The van der Waals surface area contributed by atoms with E-state index >= 15 is 0 Å². The maximum atomic E-state index is 11.5. The van der Waals surface area contributed by atoms with Gasteiger partial charge in [-0.2, -0.15) is 0 Å². The predicted octanol–water partition coefficient (Wildman–Crippen LogP) is 3.42. The van der Waals surface area contributed by atoms with Crippen LogP contribution < -0.4 is 5.32 Å². The van der Waals surface area contributed by atoms with Crippen molar-refractivity contribution in [1.82, 2.24) is 5.32 Å². The van der Waals surface area contributed by atoms with Crippen LogP contribution in [0.4, 0.5) is 4.79 Å². The van der Waals surface area contributed by atoms with Crippen molar-refractivity contribution in [1.29, 1.82) is 0 Å². The minimum atomic E-state index is -0.446. The highest BCUT2D eigenvalue weighted by atomic mass is 16.5. The summed E-state index contributed by atoms with van der Waals surface area (Å²) in [5.74, 6) is 0.899. The van der Waals surface area contributed by atoms with Crippen LogP contribution in [0.5, 0.6) is 0 Å². The lowest BCUT2D eigenvalue weighted by Crippen LogP contribution is -2.24. The van der Waals surface area contributed by atoms with E-state index < -0.39 is 6.09 Å². The zero-order valence-electron chi connectivity index (χ0n) is 12.0. The van der Waals surface area contributed by atoms with E-state index in [1.807, 2.05) is 36.4 Å². The number of furan rings is 1. The van der Waals surface area contributed by atoms with Gasteiger partial charge in [0.25, 0.3) is 0 Å². The SMILES string of the molecule is O=Cc1ccc(C=CCCNC(=O)OCc2ccccc2)o1. The lowest BCUT2D eigenvalue weighted by molar-refractivity contribution is 0.110. The number of benzene rings is 1. The number of rotatable bonds is 7. The molecule has 5 nitrogen and oxygen atoms in total. The summed E-state index contributed by atoms with van der Waals surface area (Å²) in [5.41, 5.74) is 0.946. The summed E-state index contributed by atoms with van der Waals surface area (Å²) in [7, 11) is 0. The third-order valence-corrected chi connectivity index (χ3v) is 2.84. The molecular weight excluding hydrogens is 282 g/mol. The Bertz CT molecular complexity index is 631. The second kappa shape index (κ2) is 8.46. The molecule has 0 aliphatic heterocycles. The topological polar surface area (TPSA) is 68.5 Å². The largest absolute Gasteiger partial charge is 0.454 e. The van der Waals surface area contributed by atoms with Gasteiger partial charge in [-0.05, 0) is 30.2 Å². The fraction of sp³-hybridized carbons (Fsp3) is 0.176. The van der Waals surface area contributed by atoms with Gasteiger partial charge in [-0.25, -0.2) is 4.79 Å². The number of ether oxygens (including phenoxy) is 1. The first-order chi connectivity index (χ1) is 10.8. The number of aldehydes is 1. The third-order valence-electron chi connectivity index (χ3n) is 2.84. The molecule has 0 atom stereocenters. The Kier molecular flexibility index (Phi) is 5.99. The Morgan fingerprint density at radius 2 is 1.91 bits per heavy atom. The van der Waals surface area contributed by atoms with Gasteiger partial charge in [-0.15, -0.1) is 0 Å². The minimum absolute atomic E-state index is 0.253. The van der Waals surface area contributed by atoms with Crippen LogP contribution in [0.25, 0.3) is 6.08 Å². The molecule has 1 N–H and O–H groups in total. The highest BCUT2D eigenvalue weighted by molar-refractivity contribution is 5.71. The quantitative estimate of drug-likeness (QED) is 0.628. The van der Waals surface area contributed by atoms with Crippen LogP contribution in [-0.2, 0) is 11.3 Å². The molecule has 2 rings (SSSR count). The molecular formula is C17H17NO4. The number of hydrogen-bond acceptors (Lipinski definition) is 4. The van der Waals surface area contributed by atoms with Gasteiger partial charge in [0.1, 0.15) is 12.4 Å². The van der Waals surface area contributed by atoms with Gasteiger partial charge in [0.2, 0.25) is 0 Å². The van der Waals surface area contributed by atoms with Crippen molar-refractivity contribution in [2.45, 2.75) is 13.0 Å². The number of carbonyl (C=O) groups is 2. The molecule has 5 heteroatoms. The Morgan fingerprint density at radius 3 is 2.64 bits per heavy atom. The van der Waals surface area contributed by atoms with E-state index in [0.717, 1.165) is 5.56 Å². The second-order valence-electron chi connectivity index (χ2n) is 4.54.